The Hall–Kier alpha value is -2.87. The van der Waals surface area contributed by atoms with Gasteiger partial charge in [0.25, 0.3) is 0 Å². The van der Waals surface area contributed by atoms with E-state index in [1.165, 1.54) is 6.08 Å². The summed E-state index contributed by atoms with van der Waals surface area (Å²) >= 11 is 0. The van der Waals surface area contributed by atoms with Crippen molar-refractivity contribution in [3.8, 4) is 23.2 Å². The second kappa shape index (κ2) is 6.49. The predicted octanol–water partition coefficient (Wildman–Crippen LogP) is 4.00. The van der Waals surface area contributed by atoms with Crippen LogP contribution in [0.15, 0.2) is 54.3 Å². The van der Waals surface area contributed by atoms with Crippen molar-refractivity contribution in [1.82, 2.24) is 9.78 Å². The van der Waals surface area contributed by atoms with E-state index in [4.69, 9.17) is 10.00 Å². The van der Waals surface area contributed by atoms with Crippen molar-refractivity contribution < 1.29 is 9.13 Å². The summed E-state index contributed by atoms with van der Waals surface area (Å²) in [5.74, 6) is 1.05. The van der Waals surface area contributed by atoms with Crippen molar-refractivity contribution in [2.45, 2.75) is 26.1 Å². The Kier molecular flexibility index (Phi) is 4.24. The van der Waals surface area contributed by atoms with E-state index in [-0.39, 0.29) is 0 Å². The number of benzene rings is 1. The first-order valence-corrected chi connectivity index (χ1v) is 7.48. The molecule has 116 valence electrons. The zero-order chi connectivity index (χ0) is 16.2. The van der Waals surface area contributed by atoms with Crippen LogP contribution in [0, 0.1) is 11.3 Å². The van der Waals surface area contributed by atoms with Gasteiger partial charge in [0.2, 0.25) is 5.88 Å². The first-order valence-electron chi connectivity index (χ1n) is 7.48. The molecule has 4 nitrogen and oxygen atoms in total. The summed E-state index contributed by atoms with van der Waals surface area (Å²) in [6.07, 6.45) is 4.18. The fourth-order valence-corrected chi connectivity index (χ4v) is 2.44. The van der Waals surface area contributed by atoms with Crippen LogP contribution in [0.3, 0.4) is 0 Å². The molecule has 0 aliphatic heterocycles. The molecule has 0 saturated carbocycles. The van der Waals surface area contributed by atoms with Gasteiger partial charge in [-0.1, -0.05) is 12.1 Å². The maximum atomic E-state index is 13.1. The molecule has 0 radical (unpaired) electrons. The van der Waals surface area contributed by atoms with E-state index in [1.807, 2.05) is 35.9 Å². The molecule has 1 atom stereocenters. The minimum atomic E-state index is -0.945. The third-order valence-corrected chi connectivity index (χ3v) is 3.58. The van der Waals surface area contributed by atoms with E-state index in [2.05, 4.69) is 11.2 Å². The number of ether oxygens (including phenoxy) is 1. The number of halogens is 1. The number of nitrogens with zero attached hydrogens (tertiary/aromatic N) is 3. The Bertz CT molecular complexity index is 814. The molecule has 0 N–H and O–H groups in total. The van der Waals surface area contributed by atoms with Gasteiger partial charge in [0.1, 0.15) is 11.9 Å². The van der Waals surface area contributed by atoms with Crippen LogP contribution in [0.2, 0.25) is 0 Å². The van der Waals surface area contributed by atoms with Crippen LogP contribution in [0.5, 0.6) is 5.88 Å². The van der Waals surface area contributed by atoms with Crippen LogP contribution in [-0.2, 0) is 6.54 Å². The van der Waals surface area contributed by atoms with Gasteiger partial charge in [-0.05, 0) is 37.3 Å². The molecule has 1 heterocycles. The van der Waals surface area contributed by atoms with Gasteiger partial charge in [0.05, 0.1) is 17.3 Å². The number of alkyl halides is 1. The SMILES string of the molecule is CCn1nc(OC2=CCC(F)C=C2)cc1-c1cccc(C#N)c1. The van der Waals surface area contributed by atoms with Crippen LogP contribution in [0.1, 0.15) is 18.9 Å². The van der Waals surface area contributed by atoms with Crippen molar-refractivity contribution in [1.29, 1.82) is 5.26 Å². The highest BCUT2D eigenvalue weighted by molar-refractivity contribution is 5.63. The number of hydrogen-bond donors (Lipinski definition) is 0. The minimum absolute atomic E-state index is 0.317. The van der Waals surface area contributed by atoms with Crippen LogP contribution in [0.4, 0.5) is 4.39 Å². The average molecular weight is 309 g/mol. The number of rotatable bonds is 4. The lowest BCUT2D eigenvalue weighted by Gasteiger charge is -2.08. The van der Waals surface area contributed by atoms with Gasteiger partial charge in [0, 0.05) is 24.6 Å². The minimum Gasteiger partial charge on any atom is -0.438 e. The Morgan fingerprint density at radius 2 is 2.30 bits per heavy atom. The summed E-state index contributed by atoms with van der Waals surface area (Å²) in [5.41, 5.74) is 2.38. The lowest BCUT2D eigenvalue weighted by atomic mass is 10.1. The molecule has 3 rings (SSSR count). The first-order chi connectivity index (χ1) is 11.2. The molecular formula is C18H16FN3O. The van der Waals surface area contributed by atoms with Crippen LogP contribution in [0.25, 0.3) is 11.3 Å². The normalized spacial score (nSPS) is 16.7. The van der Waals surface area contributed by atoms with Crippen LogP contribution < -0.4 is 4.74 Å². The lowest BCUT2D eigenvalue weighted by molar-refractivity contribution is 0.373. The maximum absolute atomic E-state index is 13.1. The number of nitriles is 1. The van der Waals surface area contributed by atoms with E-state index in [1.54, 1.807) is 18.2 Å². The standard InChI is InChI=1S/C18H16FN3O/c1-2-22-17(14-5-3-4-13(10-14)12-20)11-18(21-22)23-16-8-6-15(19)7-9-16/h3-6,8-11,15H,2,7H2,1H3. The molecule has 2 aromatic rings. The van der Waals surface area contributed by atoms with E-state index < -0.39 is 6.17 Å². The zero-order valence-corrected chi connectivity index (χ0v) is 12.7. The van der Waals surface area contributed by atoms with Gasteiger partial charge >= 0.3 is 0 Å². The second-order valence-electron chi connectivity index (χ2n) is 5.20. The molecular weight excluding hydrogens is 293 g/mol. The van der Waals surface area contributed by atoms with Crippen molar-refractivity contribution >= 4 is 0 Å². The number of aryl methyl sites for hydroxylation is 1. The largest absolute Gasteiger partial charge is 0.438 e. The molecule has 1 aromatic heterocycles. The molecule has 0 spiro atoms. The average Bonchev–Trinajstić information content (AvgIpc) is 3.00. The number of hydrogen-bond acceptors (Lipinski definition) is 3. The van der Waals surface area contributed by atoms with Gasteiger partial charge in [-0.3, -0.25) is 4.68 Å². The van der Waals surface area contributed by atoms with Crippen molar-refractivity contribution in [3.05, 3.63) is 59.9 Å². The van der Waals surface area contributed by atoms with Gasteiger partial charge in [-0.25, -0.2) is 4.39 Å². The molecule has 1 unspecified atom stereocenters. The fraction of sp³-hybridized carbons (Fsp3) is 0.222. The first kappa shape index (κ1) is 15.0. The summed E-state index contributed by atoms with van der Waals surface area (Å²) in [4.78, 5) is 0. The highest BCUT2D eigenvalue weighted by Crippen LogP contribution is 2.26. The van der Waals surface area contributed by atoms with Gasteiger partial charge in [0.15, 0.2) is 0 Å². The monoisotopic (exact) mass is 309 g/mol. The Morgan fingerprint density at radius 1 is 1.43 bits per heavy atom. The summed E-state index contributed by atoms with van der Waals surface area (Å²) < 4.78 is 20.6. The van der Waals surface area contributed by atoms with Gasteiger partial charge in [-0.15, -0.1) is 5.10 Å². The van der Waals surface area contributed by atoms with Gasteiger partial charge in [-0.2, -0.15) is 5.26 Å². The van der Waals surface area contributed by atoms with Crippen LogP contribution >= 0.6 is 0 Å². The van der Waals surface area contributed by atoms with Crippen molar-refractivity contribution in [2.24, 2.45) is 0 Å². The predicted molar refractivity (Wildman–Crippen MR) is 85.4 cm³/mol. The zero-order valence-electron chi connectivity index (χ0n) is 12.7. The van der Waals surface area contributed by atoms with E-state index in [0.29, 0.717) is 30.2 Å². The summed E-state index contributed by atoms with van der Waals surface area (Å²) in [6.45, 7) is 2.67. The third-order valence-electron chi connectivity index (χ3n) is 3.58. The Balaban J connectivity index is 1.89. The molecule has 1 aliphatic carbocycles. The van der Waals surface area contributed by atoms with Crippen LogP contribution in [-0.4, -0.2) is 16.0 Å². The van der Waals surface area contributed by atoms with E-state index >= 15 is 0 Å². The second-order valence-corrected chi connectivity index (χ2v) is 5.20. The maximum Gasteiger partial charge on any atom is 0.238 e. The highest BCUT2D eigenvalue weighted by Gasteiger charge is 2.13. The molecule has 0 bridgehead atoms. The molecule has 1 aromatic carbocycles. The molecule has 1 aliphatic rings. The molecule has 0 fully saturated rings. The topological polar surface area (TPSA) is 50.8 Å². The van der Waals surface area contributed by atoms with Crippen molar-refractivity contribution in [3.63, 3.8) is 0 Å². The Labute approximate surface area is 134 Å². The lowest BCUT2D eigenvalue weighted by Crippen LogP contribution is -2.03. The van der Waals surface area contributed by atoms with Gasteiger partial charge < -0.3 is 4.74 Å². The fourth-order valence-electron chi connectivity index (χ4n) is 2.44. The molecule has 0 saturated heterocycles. The van der Waals surface area contributed by atoms with E-state index in [0.717, 1.165) is 11.3 Å². The smallest absolute Gasteiger partial charge is 0.238 e. The van der Waals surface area contributed by atoms with Crippen molar-refractivity contribution in [2.75, 3.05) is 0 Å². The molecule has 5 heteroatoms. The summed E-state index contributed by atoms with van der Waals surface area (Å²) in [5, 5.41) is 13.5. The Morgan fingerprint density at radius 3 is 3.00 bits per heavy atom. The molecule has 0 amide bonds. The summed E-state index contributed by atoms with van der Waals surface area (Å²) in [6, 6.07) is 11.3. The third kappa shape index (κ3) is 3.32. The quantitative estimate of drug-likeness (QED) is 0.857. The van der Waals surface area contributed by atoms with E-state index in [9.17, 15) is 4.39 Å². The summed E-state index contributed by atoms with van der Waals surface area (Å²) in [7, 11) is 0. The molecule has 23 heavy (non-hydrogen) atoms. The highest BCUT2D eigenvalue weighted by atomic mass is 19.1. The number of allylic oxidation sites excluding steroid dienone is 3. The number of aromatic nitrogens is 2.